The minimum atomic E-state index is -4.29. The number of sulfonamides is 1. The van der Waals surface area contributed by atoms with Crippen LogP contribution in [0.5, 0.6) is 5.75 Å². The maximum Gasteiger partial charge on any atom is 0.305 e. The van der Waals surface area contributed by atoms with Gasteiger partial charge >= 0.3 is 5.97 Å². The normalized spacial score (nSPS) is 20.5. The van der Waals surface area contributed by atoms with Gasteiger partial charge in [0.1, 0.15) is 24.4 Å². The molecule has 1 fully saturated rings. The van der Waals surface area contributed by atoms with E-state index in [0.717, 1.165) is 16.1 Å². The van der Waals surface area contributed by atoms with Crippen LogP contribution in [0.4, 0.5) is 4.39 Å². The van der Waals surface area contributed by atoms with Crippen molar-refractivity contribution in [1.29, 1.82) is 0 Å². The number of ether oxygens (including phenoxy) is 3. The first-order valence-corrected chi connectivity index (χ1v) is 13.7. The minimum absolute atomic E-state index is 0.0797. The molecule has 3 unspecified atom stereocenters. The zero-order valence-electron chi connectivity index (χ0n) is 21.1. The number of nitrogens with one attached hydrogen (secondary N) is 1. The molecule has 1 aliphatic carbocycles. The number of amides is 1. The third-order valence-corrected chi connectivity index (χ3v) is 8.61. The molecule has 0 spiro atoms. The molecule has 1 aliphatic heterocycles. The molecule has 1 heterocycles. The second-order valence-corrected chi connectivity index (χ2v) is 11.2. The van der Waals surface area contributed by atoms with E-state index in [1.54, 1.807) is 11.5 Å². The number of carbonyl (C=O) groups excluding carboxylic acids is 1. The molecule has 0 saturated heterocycles. The predicted molar refractivity (Wildman–Crippen MR) is 133 cm³/mol. The van der Waals surface area contributed by atoms with Crippen LogP contribution in [0, 0.1) is 24.6 Å². The fourth-order valence-corrected chi connectivity index (χ4v) is 6.06. The van der Waals surface area contributed by atoms with Crippen LogP contribution in [0.1, 0.15) is 36.8 Å². The summed E-state index contributed by atoms with van der Waals surface area (Å²) >= 11 is 0. The van der Waals surface area contributed by atoms with E-state index in [9.17, 15) is 27.5 Å². The van der Waals surface area contributed by atoms with E-state index < -0.39 is 58.8 Å². The van der Waals surface area contributed by atoms with Gasteiger partial charge in [-0.05, 0) is 67.3 Å². The molecule has 0 bridgehead atoms. The Hall–Kier alpha value is -3.84. The van der Waals surface area contributed by atoms with Crippen molar-refractivity contribution in [3.63, 3.8) is 0 Å². The Bertz CT molecular complexity index is 1350. The largest absolute Gasteiger partial charge is 0.489 e. The van der Waals surface area contributed by atoms with Crippen LogP contribution in [0.25, 0.3) is 0 Å². The highest BCUT2D eigenvalue weighted by Crippen LogP contribution is 2.39. The lowest BCUT2D eigenvalue weighted by atomic mass is 9.95. The molecule has 13 heteroatoms. The lowest BCUT2D eigenvalue weighted by Crippen LogP contribution is -2.37. The van der Waals surface area contributed by atoms with Crippen LogP contribution in [-0.2, 0) is 35.7 Å². The van der Waals surface area contributed by atoms with Gasteiger partial charge in [0.05, 0.1) is 17.2 Å². The third kappa shape index (κ3) is 6.42. The van der Waals surface area contributed by atoms with E-state index in [1.165, 1.54) is 36.4 Å². The van der Waals surface area contributed by atoms with E-state index in [0.29, 0.717) is 30.6 Å². The number of hydroxylamine groups is 1. The van der Waals surface area contributed by atoms with Crippen molar-refractivity contribution in [2.24, 2.45) is 11.8 Å². The number of rotatable bonds is 11. The highest BCUT2D eigenvalue weighted by Gasteiger charge is 2.44. The number of aliphatic carboxylic acids is 1. The van der Waals surface area contributed by atoms with Gasteiger partial charge in [-0.3, -0.25) is 14.8 Å². The number of hydrogen-bond donors (Lipinski definition) is 3. The third-order valence-electron chi connectivity index (χ3n) is 6.80. The molecule has 210 valence electrons. The molecule has 2 aromatic rings. The highest BCUT2D eigenvalue weighted by molar-refractivity contribution is 7.89. The first-order valence-electron chi connectivity index (χ1n) is 12.3. The molecule has 39 heavy (non-hydrogen) atoms. The molecule has 1 amide bonds. The molecule has 0 radical (unpaired) electrons. The standard InChI is InChI=1S/C26H29FN2O9S/c1-16-5-6-18(27)13-17(16)14-36-19-7-9-20(10-8-19)39(34,35)29(12-11-24(30)31)23-15-37-26(38-23)22-4-2-3-21(22)25(32)28-33/h5-10,13,15,21-22,26,33H,2-4,11-12,14H2,1H3,(H,28,32)(H,30,31). The lowest BCUT2D eigenvalue weighted by Gasteiger charge is -2.27. The molecular formula is C26H29FN2O9S. The summed E-state index contributed by atoms with van der Waals surface area (Å²) in [6.45, 7) is 1.47. The van der Waals surface area contributed by atoms with E-state index in [1.807, 2.05) is 6.92 Å². The first kappa shape index (κ1) is 28.2. The summed E-state index contributed by atoms with van der Waals surface area (Å²) in [5.41, 5.74) is 3.12. The van der Waals surface area contributed by atoms with E-state index in [4.69, 9.17) is 19.4 Å². The van der Waals surface area contributed by atoms with Crippen molar-refractivity contribution >= 4 is 21.9 Å². The quantitative estimate of drug-likeness (QED) is 0.276. The Labute approximate surface area is 224 Å². The van der Waals surface area contributed by atoms with Crippen LogP contribution >= 0.6 is 0 Å². The second kappa shape index (κ2) is 11.9. The molecule has 0 aromatic heterocycles. The van der Waals surface area contributed by atoms with Gasteiger partial charge in [-0.2, -0.15) is 0 Å². The van der Waals surface area contributed by atoms with Gasteiger partial charge in [-0.1, -0.05) is 12.5 Å². The summed E-state index contributed by atoms with van der Waals surface area (Å²) in [7, 11) is -4.29. The summed E-state index contributed by atoms with van der Waals surface area (Å²) in [6, 6.07) is 9.85. The van der Waals surface area contributed by atoms with E-state index >= 15 is 0 Å². The number of benzene rings is 2. The summed E-state index contributed by atoms with van der Waals surface area (Å²) in [5.74, 6) is -3.06. The van der Waals surface area contributed by atoms with Crippen molar-refractivity contribution < 1.29 is 46.9 Å². The van der Waals surface area contributed by atoms with E-state index in [-0.39, 0.29) is 17.4 Å². The lowest BCUT2D eigenvalue weighted by molar-refractivity contribution is -0.143. The van der Waals surface area contributed by atoms with Crippen LogP contribution < -0.4 is 10.2 Å². The fourth-order valence-electron chi connectivity index (χ4n) is 4.67. The van der Waals surface area contributed by atoms with E-state index in [2.05, 4.69) is 0 Å². The summed E-state index contributed by atoms with van der Waals surface area (Å²) in [6.07, 6.45) is 1.36. The smallest absolute Gasteiger partial charge is 0.305 e. The van der Waals surface area contributed by atoms with Gasteiger partial charge in [0, 0.05) is 12.5 Å². The van der Waals surface area contributed by atoms with Crippen molar-refractivity contribution in [2.75, 3.05) is 6.54 Å². The van der Waals surface area contributed by atoms with Crippen LogP contribution in [0.15, 0.2) is 59.5 Å². The van der Waals surface area contributed by atoms with Crippen LogP contribution in [-0.4, -0.2) is 47.7 Å². The summed E-state index contributed by atoms with van der Waals surface area (Å²) in [5, 5.41) is 18.2. The van der Waals surface area contributed by atoms with Crippen LogP contribution in [0.2, 0.25) is 0 Å². The highest BCUT2D eigenvalue weighted by atomic mass is 32.2. The molecule has 2 aromatic carbocycles. The maximum atomic E-state index is 13.5. The van der Waals surface area contributed by atoms with Gasteiger partial charge in [-0.25, -0.2) is 22.6 Å². The van der Waals surface area contributed by atoms with Gasteiger partial charge in [0.2, 0.25) is 18.1 Å². The molecule has 3 N–H and O–H groups in total. The number of nitrogens with zero attached hydrogens (tertiary/aromatic N) is 1. The Morgan fingerprint density at radius 3 is 2.62 bits per heavy atom. The van der Waals surface area contributed by atoms with Crippen molar-refractivity contribution in [3.8, 4) is 5.75 Å². The van der Waals surface area contributed by atoms with Gasteiger partial charge in [-0.15, -0.1) is 0 Å². The Morgan fingerprint density at radius 2 is 1.92 bits per heavy atom. The SMILES string of the molecule is Cc1ccc(F)cc1COc1ccc(S(=O)(=O)N(CCC(=O)O)C2=COC(C3CCCC3C(=O)NO)O2)cc1. The average Bonchev–Trinajstić information content (AvgIpc) is 3.59. The number of carboxylic acid groups (broad SMARTS) is 1. The molecule has 3 atom stereocenters. The molecule has 11 nitrogen and oxygen atoms in total. The number of halogens is 1. The minimum Gasteiger partial charge on any atom is -0.489 e. The molecular weight excluding hydrogens is 535 g/mol. The average molecular weight is 565 g/mol. The van der Waals surface area contributed by atoms with Gasteiger partial charge in [0.15, 0.2) is 0 Å². The Morgan fingerprint density at radius 1 is 1.18 bits per heavy atom. The fraction of sp³-hybridized carbons (Fsp3) is 0.385. The Balaban J connectivity index is 1.49. The van der Waals surface area contributed by atoms with Crippen molar-refractivity contribution in [3.05, 3.63) is 71.6 Å². The van der Waals surface area contributed by atoms with Gasteiger partial charge in [0.25, 0.3) is 10.0 Å². The predicted octanol–water partition coefficient (Wildman–Crippen LogP) is 3.27. The van der Waals surface area contributed by atoms with Crippen molar-refractivity contribution in [2.45, 2.75) is 50.4 Å². The molecule has 1 saturated carbocycles. The number of hydrogen-bond acceptors (Lipinski definition) is 8. The number of aryl methyl sites for hydroxylation is 1. The monoisotopic (exact) mass is 564 g/mol. The maximum absolute atomic E-state index is 13.5. The topological polar surface area (TPSA) is 152 Å². The zero-order valence-corrected chi connectivity index (χ0v) is 21.9. The van der Waals surface area contributed by atoms with Crippen molar-refractivity contribution in [1.82, 2.24) is 9.79 Å². The molecule has 2 aliphatic rings. The Kier molecular flexibility index (Phi) is 8.60. The zero-order chi connectivity index (χ0) is 28.2. The van der Waals surface area contributed by atoms with Crippen LogP contribution in [0.3, 0.4) is 0 Å². The molecule has 4 rings (SSSR count). The second-order valence-electron chi connectivity index (χ2n) is 9.31. The number of carboxylic acids is 1. The van der Waals surface area contributed by atoms with Gasteiger partial charge < -0.3 is 19.3 Å². The first-order chi connectivity index (χ1) is 18.6. The summed E-state index contributed by atoms with van der Waals surface area (Å²) in [4.78, 5) is 23.1. The number of carbonyl (C=O) groups is 2. The summed E-state index contributed by atoms with van der Waals surface area (Å²) < 4.78 is 58.4.